The standard InChI is InChI=1S/C13H14FN5OS/c1-3-18-7-15-17-12(18)6-19-10-5-11(20-2)8(14)4-9(10)16-13(19)21/h4-5,7H,3,6H2,1-2H3,(H,16,21). The van der Waals surface area contributed by atoms with Crippen molar-refractivity contribution < 1.29 is 9.13 Å². The lowest BCUT2D eigenvalue weighted by atomic mass is 10.3. The molecule has 2 aromatic heterocycles. The van der Waals surface area contributed by atoms with Crippen molar-refractivity contribution in [3.05, 3.63) is 34.9 Å². The normalized spacial score (nSPS) is 11.2. The molecule has 0 fully saturated rings. The van der Waals surface area contributed by atoms with Gasteiger partial charge in [-0.15, -0.1) is 10.2 Å². The third-order valence-electron chi connectivity index (χ3n) is 3.38. The van der Waals surface area contributed by atoms with Crippen molar-refractivity contribution in [1.82, 2.24) is 24.3 Å². The van der Waals surface area contributed by atoms with E-state index in [4.69, 9.17) is 17.0 Å². The number of hydrogen-bond acceptors (Lipinski definition) is 4. The Hall–Kier alpha value is -2.22. The van der Waals surface area contributed by atoms with Gasteiger partial charge in [-0.25, -0.2) is 4.39 Å². The van der Waals surface area contributed by atoms with Gasteiger partial charge < -0.3 is 18.9 Å². The molecule has 0 radical (unpaired) electrons. The predicted molar refractivity (Wildman–Crippen MR) is 78.4 cm³/mol. The molecule has 0 amide bonds. The van der Waals surface area contributed by atoms with Crippen LogP contribution < -0.4 is 4.74 Å². The van der Waals surface area contributed by atoms with Crippen LogP contribution in [0.1, 0.15) is 12.7 Å². The molecule has 2 heterocycles. The molecule has 0 saturated heterocycles. The number of ether oxygens (including phenoxy) is 1. The number of nitrogens with zero attached hydrogens (tertiary/aromatic N) is 4. The van der Waals surface area contributed by atoms with Crippen LogP contribution in [0, 0.1) is 10.6 Å². The molecule has 0 saturated carbocycles. The molecule has 3 rings (SSSR count). The van der Waals surface area contributed by atoms with E-state index in [9.17, 15) is 4.39 Å². The lowest BCUT2D eigenvalue weighted by molar-refractivity contribution is 0.387. The predicted octanol–water partition coefficient (Wildman–Crippen LogP) is 2.51. The van der Waals surface area contributed by atoms with E-state index in [1.807, 2.05) is 16.1 Å². The molecular weight excluding hydrogens is 293 g/mol. The highest BCUT2D eigenvalue weighted by molar-refractivity contribution is 7.71. The first-order valence-electron chi connectivity index (χ1n) is 6.46. The van der Waals surface area contributed by atoms with Gasteiger partial charge in [-0.2, -0.15) is 0 Å². The van der Waals surface area contributed by atoms with E-state index in [1.54, 1.807) is 12.4 Å². The van der Waals surface area contributed by atoms with Gasteiger partial charge in [0.2, 0.25) is 0 Å². The first-order chi connectivity index (χ1) is 10.1. The number of fused-ring (bicyclic) bond motifs is 1. The lowest BCUT2D eigenvalue weighted by Gasteiger charge is -2.07. The van der Waals surface area contributed by atoms with E-state index in [-0.39, 0.29) is 5.75 Å². The van der Waals surface area contributed by atoms with Gasteiger partial charge in [0.1, 0.15) is 6.33 Å². The minimum atomic E-state index is -0.426. The fraction of sp³-hybridized carbons (Fsp3) is 0.308. The minimum absolute atomic E-state index is 0.183. The van der Waals surface area contributed by atoms with E-state index in [0.29, 0.717) is 16.8 Å². The first-order valence-corrected chi connectivity index (χ1v) is 6.87. The molecule has 0 spiro atoms. The van der Waals surface area contributed by atoms with Gasteiger partial charge in [0, 0.05) is 18.7 Å². The van der Waals surface area contributed by atoms with Crippen molar-refractivity contribution in [3.8, 4) is 5.75 Å². The van der Waals surface area contributed by atoms with Crippen molar-refractivity contribution in [1.29, 1.82) is 0 Å². The summed E-state index contributed by atoms with van der Waals surface area (Å²) in [6, 6.07) is 3.01. The third-order valence-corrected chi connectivity index (χ3v) is 3.71. The molecule has 0 aliphatic heterocycles. The topological polar surface area (TPSA) is 60.7 Å². The number of hydrogen-bond donors (Lipinski definition) is 1. The molecule has 3 aromatic rings. The maximum absolute atomic E-state index is 13.7. The Morgan fingerprint density at radius 3 is 2.95 bits per heavy atom. The molecule has 110 valence electrons. The van der Waals surface area contributed by atoms with Crippen molar-refractivity contribution in [2.45, 2.75) is 20.0 Å². The molecule has 0 aliphatic rings. The molecule has 1 N–H and O–H groups in total. The van der Waals surface area contributed by atoms with Crippen LogP contribution in [0.5, 0.6) is 5.75 Å². The van der Waals surface area contributed by atoms with Crippen LogP contribution in [0.4, 0.5) is 4.39 Å². The van der Waals surface area contributed by atoms with Gasteiger partial charge in [-0.05, 0) is 19.1 Å². The summed E-state index contributed by atoms with van der Waals surface area (Å²) in [7, 11) is 1.43. The van der Waals surface area contributed by atoms with Crippen LogP contribution >= 0.6 is 12.2 Å². The summed E-state index contributed by atoms with van der Waals surface area (Å²) >= 11 is 5.32. The van der Waals surface area contributed by atoms with Crippen molar-refractivity contribution >= 4 is 23.3 Å². The van der Waals surface area contributed by atoms with Gasteiger partial charge >= 0.3 is 0 Å². The Labute approximate surface area is 125 Å². The molecule has 0 unspecified atom stereocenters. The maximum atomic E-state index is 13.7. The largest absolute Gasteiger partial charge is 0.494 e. The minimum Gasteiger partial charge on any atom is -0.494 e. The average Bonchev–Trinajstić information content (AvgIpc) is 3.03. The van der Waals surface area contributed by atoms with Gasteiger partial charge in [0.25, 0.3) is 0 Å². The number of imidazole rings is 1. The second-order valence-corrected chi connectivity index (χ2v) is 4.94. The lowest BCUT2D eigenvalue weighted by Crippen LogP contribution is -2.07. The number of H-pyrrole nitrogens is 1. The number of halogens is 1. The van der Waals surface area contributed by atoms with Crippen LogP contribution in [0.25, 0.3) is 11.0 Å². The zero-order valence-electron chi connectivity index (χ0n) is 11.6. The average molecular weight is 307 g/mol. The van der Waals surface area contributed by atoms with Crippen LogP contribution in [0.15, 0.2) is 18.5 Å². The number of nitrogens with one attached hydrogen (secondary N) is 1. The summed E-state index contributed by atoms with van der Waals surface area (Å²) in [6.45, 7) is 3.25. The quantitative estimate of drug-likeness (QED) is 0.752. The SMILES string of the molecule is CCn1cnnc1Cn1c(=S)[nH]c2cc(F)c(OC)cc21. The summed E-state index contributed by atoms with van der Waals surface area (Å²) in [6.07, 6.45) is 1.67. The summed E-state index contributed by atoms with van der Waals surface area (Å²) in [5, 5.41) is 8.00. The molecule has 21 heavy (non-hydrogen) atoms. The Morgan fingerprint density at radius 2 is 2.24 bits per heavy atom. The third kappa shape index (κ3) is 2.31. The number of methoxy groups -OCH3 is 1. The summed E-state index contributed by atoms with van der Waals surface area (Å²) < 4.78 is 23.1. The first kappa shape index (κ1) is 13.7. The highest BCUT2D eigenvalue weighted by atomic mass is 32.1. The number of benzene rings is 1. The van der Waals surface area contributed by atoms with E-state index in [0.717, 1.165) is 17.9 Å². The zero-order chi connectivity index (χ0) is 15.0. The molecule has 8 heteroatoms. The van der Waals surface area contributed by atoms with Crippen LogP contribution in [-0.2, 0) is 13.1 Å². The van der Waals surface area contributed by atoms with Crippen molar-refractivity contribution in [2.75, 3.05) is 7.11 Å². The van der Waals surface area contributed by atoms with Crippen LogP contribution in [-0.4, -0.2) is 31.4 Å². The zero-order valence-corrected chi connectivity index (χ0v) is 12.4. The van der Waals surface area contributed by atoms with Gasteiger partial charge in [-0.1, -0.05) is 0 Å². The fourth-order valence-corrected chi connectivity index (χ4v) is 2.55. The molecule has 0 aliphatic carbocycles. The maximum Gasteiger partial charge on any atom is 0.178 e. The molecule has 0 bridgehead atoms. The second kappa shape index (κ2) is 5.28. The molecular formula is C13H14FN5OS. The van der Waals surface area contributed by atoms with E-state index < -0.39 is 5.82 Å². The Morgan fingerprint density at radius 1 is 1.43 bits per heavy atom. The molecule has 6 nitrogen and oxygen atoms in total. The second-order valence-electron chi connectivity index (χ2n) is 4.55. The molecule has 0 atom stereocenters. The van der Waals surface area contributed by atoms with Crippen LogP contribution in [0.3, 0.4) is 0 Å². The fourth-order valence-electron chi connectivity index (χ4n) is 2.28. The van der Waals surface area contributed by atoms with Gasteiger partial charge in [0.05, 0.1) is 24.7 Å². The Balaban J connectivity index is 2.14. The monoisotopic (exact) mass is 307 g/mol. The number of aryl methyl sites for hydroxylation is 1. The summed E-state index contributed by atoms with van der Waals surface area (Å²) in [4.78, 5) is 2.99. The number of aromatic nitrogens is 5. The highest BCUT2D eigenvalue weighted by Gasteiger charge is 2.13. The number of aromatic amines is 1. The van der Waals surface area contributed by atoms with E-state index in [2.05, 4.69) is 15.2 Å². The van der Waals surface area contributed by atoms with Gasteiger partial charge in [-0.3, -0.25) is 0 Å². The number of rotatable bonds is 4. The Bertz CT molecular complexity index is 850. The van der Waals surface area contributed by atoms with E-state index >= 15 is 0 Å². The highest BCUT2D eigenvalue weighted by Crippen LogP contribution is 2.25. The Kier molecular flexibility index (Phi) is 3.46. The summed E-state index contributed by atoms with van der Waals surface area (Å²) in [5.74, 6) is 0.546. The molecule has 1 aromatic carbocycles. The van der Waals surface area contributed by atoms with Gasteiger partial charge in [0.15, 0.2) is 22.2 Å². The van der Waals surface area contributed by atoms with Crippen molar-refractivity contribution in [3.63, 3.8) is 0 Å². The summed E-state index contributed by atoms with van der Waals surface area (Å²) in [5.41, 5.74) is 1.39. The van der Waals surface area contributed by atoms with Crippen LogP contribution in [0.2, 0.25) is 0 Å². The van der Waals surface area contributed by atoms with Crippen molar-refractivity contribution in [2.24, 2.45) is 0 Å². The van der Waals surface area contributed by atoms with E-state index in [1.165, 1.54) is 13.2 Å². The smallest absolute Gasteiger partial charge is 0.178 e.